The number of alkyl carbamates (subject to hydrolysis) is 1. The Labute approximate surface area is 185 Å². The smallest absolute Gasteiger partial charge is 0.407 e. The number of nitrogens with zero attached hydrogens (tertiary/aromatic N) is 3. The first kappa shape index (κ1) is 26.8. The highest BCUT2D eigenvalue weighted by molar-refractivity contribution is 5.75. The standard InChI is InChI=1S/C21H39N5O5/c1-3-5-6-11-22-20(27)9-7-8-19-18-26(25-24-19)12-13-29-14-15-30-16-17-31-21(28)23-10-4-2/h18H,3-17H2,1-2H3,(H,22,27)(H,23,28). The number of rotatable bonds is 19. The molecule has 0 saturated heterocycles. The SMILES string of the molecule is CCCCCNC(=O)CCCc1cn(CCOCCOCCOC(=O)NCCC)nn1. The van der Waals surface area contributed by atoms with Gasteiger partial charge in [-0.25, -0.2) is 9.48 Å². The summed E-state index contributed by atoms with van der Waals surface area (Å²) in [6.45, 7) is 8.05. The van der Waals surface area contributed by atoms with Crippen LogP contribution >= 0.6 is 0 Å². The predicted octanol–water partition coefficient (Wildman–Crippen LogP) is 2.08. The fourth-order valence-electron chi connectivity index (χ4n) is 2.64. The minimum atomic E-state index is -0.417. The molecule has 1 heterocycles. The van der Waals surface area contributed by atoms with Crippen molar-refractivity contribution in [2.75, 3.05) is 46.1 Å². The van der Waals surface area contributed by atoms with Crippen LogP contribution in [0.1, 0.15) is 58.1 Å². The molecule has 2 N–H and O–H groups in total. The maximum atomic E-state index is 11.8. The van der Waals surface area contributed by atoms with Crippen LogP contribution in [0.5, 0.6) is 0 Å². The van der Waals surface area contributed by atoms with E-state index in [1.807, 2.05) is 13.1 Å². The molecule has 0 fully saturated rings. The van der Waals surface area contributed by atoms with Crippen LogP contribution in [0.15, 0.2) is 6.20 Å². The van der Waals surface area contributed by atoms with Crippen molar-refractivity contribution in [3.05, 3.63) is 11.9 Å². The molecular weight excluding hydrogens is 402 g/mol. The molecule has 0 atom stereocenters. The molecule has 0 spiro atoms. The zero-order valence-electron chi connectivity index (χ0n) is 19.1. The highest BCUT2D eigenvalue weighted by atomic mass is 16.6. The third-order valence-electron chi connectivity index (χ3n) is 4.34. The van der Waals surface area contributed by atoms with Crippen LogP contribution in [-0.4, -0.2) is 73.1 Å². The molecule has 0 aliphatic rings. The summed E-state index contributed by atoms with van der Waals surface area (Å²) < 4.78 is 17.5. The minimum Gasteiger partial charge on any atom is -0.447 e. The average Bonchev–Trinajstić information content (AvgIpc) is 3.21. The Bertz CT molecular complexity index is 596. The van der Waals surface area contributed by atoms with Crippen molar-refractivity contribution >= 4 is 12.0 Å². The number of carbonyl (C=O) groups excluding carboxylic acids is 2. The number of hydrogen-bond acceptors (Lipinski definition) is 7. The van der Waals surface area contributed by atoms with Crippen molar-refractivity contribution in [2.45, 2.75) is 65.3 Å². The molecule has 0 aliphatic heterocycles. The molecule has 178 valence electrons. The van der Waals surface area contributed by atoms with Crippen LogP contribution in [0, 0.1) is 0 Å². The Morgan fingerprint density at radius 3 is 2.48 bits per heavy atom. The summed E-state index contributed by atoms with van der Waals surface area (Å²) >= 11 is 0. The third-order valence-corrected chi connectivity index (χ3v) is 4.34. The highest BCUT2D eigenvalue weighted by Gasteiger charge is 2.05. The van der Waals surface area contributed by atoms with E-state index in [0.29, 0.717) is 45.9 Å². The topological polar surface area (TPSA) is 117 Å². The van der Waals surface area contributed by atoms with Crippen molar-refractivity contribution in [3.63, 3.8) is 0 Å². The van der Waals surface area contributed by atoms with Crippen LogP contribution in [0.25, 0.3) is 0 Å². The van der Waals surface area contributed by atoms with Gasteiger partial charge >= 0.3 is 6.09 Å². The van der Waals surface area contributed by atoms with Crippen molar-refractivity contribution in [2.24, 2.45) is 0 Å². The number of unbranched alkanes of at least 4 members (excludes halogenated alkanes) is 2. The number of hydrogen-bond donors (Lipinski definition) is 2. The molecule has 1 aromatic rings. The first-order chi connectivity index (χ1) is 15.2. The monoisotopic (exact) mass is 441 g/mol. The van der Waals surface area contributed by atoms with Crippen LogP contribution < -0.4 is 10.6 Å². The number of nitrogens with one attached hydrogen (secondary N) is 2. The number of amides is 2. The van der Waals surface area contributed by atoms with Crippen molar-refractivity contribution in [1.29, 1.82) is 0 Å². The average molecular weight is 442 g/mol. The lowest BCUT2D eigenvalue weighted by atomic mass is 10.2. The zero-order chi connectivity index (χ0) is 22.6. The van der Waals surface area contributed by atoms with Crippen molar-refractivity contribution in [1.82, 2.24) is 25.6 Å². The minimum absolute atomic E-state index is 0.102. The van der Waals surface area contributed by atoms with Gasteiger partial charge in [-0.1, -0.05) is 31.9 Å². The van der Waals surface area contributed by atoms with Gasteiger partial charge in [0.1, 0.15) is 6.61 Å². The van der Waals surface area contributed by atoms with E-state index >= 15 is 0 Å². The predicted molar refractivity (Wildman–Crippen MR) is 117 cm³/mol. The van der Waals surface area contributed by atoms with Gasteiger partial charge in [0.2, 0.25) is 5.91 Å². The summed E-state index contributed by atoms with van der Waals surface area (Å²) in [7, 11) is 0. The molecule has 10 nitrogen and oxygen atoms in total. The number of ether oxygens (including phenoxy) is 3. The molecular formula is C21H39N5O5. The molecule has 0 aromatic carbocycles. The summed E-state index contributed by atoms with van der Waals surface area (Å²) in [5.41, 5.74) is 0.880. The molecule has 0 radical (unpaired) electrons. The van der Waals surface area contributed by atoms with E-state index in [2.05, 4.69) is 27.9 Å². The zero-order valence-corrected chi connectivity index (χ0v) is 19.1. The second kappa shape index (κ2) is 18.6. The molecule has 2 amide bonds. The lowest BCUT2D eigenvalue weighted by Gasteiger charge is -2.07. The number of aromatic nitrogens is 3. The molecule has 31 heavy (non-hydrogen) atoms. The first-order valence-corrected chi connectivity index (χ1v) is 11.4. The fraction of sp³-hybridized carbons (Fsp3) is 0.810. The second-order valence-electron chi connectivity index (χ2n) is 7.17. The first-order valence-electron chi connectivity index (χ1n) is 11.4. The second-order valence-corrected chi connectivity index (χ2v) is 7.17. The summed E-state index contributed by atoms with van der Waals surface area (Å²) in [6, 6.07) is 0. The van der Waals surface area contributed by atoms with Gasteiger partial charge < -0.3 is 24.8 Å². The van der Waals surface area contributed by atoms with Gasteiger partial charge in [0.25, 0.3) is 0 Å². The van der Waals surface area contributed by atoms with Gasteiger partial charge in [-0.05, 0) is 25.7 Å². The fourth-order valence-corrected chi connectivity index (χ4v) is 2.64. The lowest BCUT2D eigenvalue weighted by molar-refractivity contribution is -0.121. The van der Waals surface area contributed by atoms with Crippen molar-refractivity contribution < 1.29 is 23.8 Å². The maximum Gasteiger partial charge on any atom is 0.407 e. The van der Waals surface area contributed by atoms with Crippen LogP contribution in [0.2, 0.25) is 0 Å². The summed E-state index contributed by atoms with van der Waals surface area (Å²) in [4.78, 5) is 23.0. The van der Waals surface area contributed by atoms with E-state index in [-0.39, 0.29) is 12.5 Å². The van der Waals surface area contributed by atoms with E-state index in [9.17, 15) is 9.59 Å². The summed E-state index contributed by atoms with van der Waals surface area (Å²) in [5, 5.41) is 13.8. The van der Waals surface area contributed by atoms with Gasteiger partial charge in [-0.15, -0.1) is 5.10 Å². The third kappa shape index (κ3) is 15.3. The Balaban J connectivity index is 1.96. The quantitative estimate of drug-likeness (QED) is 0.316. The molecule has 1 aromatic heterocycles. The largest absolute Gasteiger partial charge is 0.447 e. The summed E-state index contributed by atoms with van der Waals surface area (Å²) in [6.07, 6.45) is 7.68. The molecule has 0 bridgehead atoms. The van der Waals surface area contributed by atoms with E-state index < -0.39 is 6.09 Å². The number of carbonyl (C=O) groups is 2. The van der Waals surface area contributed by atoms with Gasteiger partial charge in [0.15, 0.2) is 0 Å². The van der Waals surface area contributed by atoms with E-state index in [1.165, 1.54) is 0 Å². The molecule has 0 saturated carbocycles. The van der Waals surface area contributed by atoms with Gasteiger partial charge in [-0.2, -0.15) is 0 Å². The van der Waals surface area contributed by atoms with Crippen LogP contribution in [0.4, 0.5) is 4.79 Å². The lowest BCUT2D eigenvalue weighted by Crippen LogP contribution is -2.26. The number of aryl methyl sites for hydroxylation is 1. The van der Waals surface area contributed by atoms with Crippen LogP contribution in [0.3, 0.4) is 0 Å². The Kier molecular flexibility index (Phi) is 16.1. The van der Waals surface area contributed by atoms with E-state index in [1.54, 1.807) is 4.68 Å². The maximum absolute atomic E-state index is 11.8. The molecule has 10 heteroatoms. The molecule has 0 aliphatic carbocycles. The van der Waals surface area contributed by atoms with Crippen molar-refractivity contribution in [3.8, 4) is 0 Å². The van der Waals surface area contributed by atoms with Gasteiger partial charge in [0, 0.05) is 25.7 Å². The van der Waals surface area contributed by atoms with E-state index in [0.717, 1.165) is 50.8 Å². The summed E-state index contributed by atoms with van der Waals surface area (Å²) in [5.74, 6) is 0.102. The Hall–Kier alpha value is -2.20. The Morgan fingerprint density at radius 1 is 0.935 bits per heavy atom. The molecule has 0 unspecified atom stereocenters. The Morgan fingerprint density at radius 2 is 1.71 bits per heavy atom. The highest BCUT2D eigenvalue weighted by Crippen LogP contribution is 2.01. The normalized spacial score (nSPS) is 10.8. The molecule has 1 rings (SSSR count). The van der Waals surface area contributed by atoms with Gasteiger partial charge in [0.05, 0.1) is 38.7 Å². The van der Waals surface area contributed by atoms with Crippen LogP contribution in [-0.2, 0) is 32.0 Å². The van der Waals surface area contributed by atoms with Gasteiger partial charge in [-0.3, -0.25) is 4.79 Å². The van der Waals surface area contributed by atoms with E-state index in [4.69, 9.17) is 14.2 Å².